The van der Waals surface area contributed by atoms with Crippen molar-refractivity contribution in [3.05, 3.63) is 179 Å². The van der Waals surface area contributed by atoms with Crippen LogP contribution in [0.15, 0.2) is 130 Å². The van der Waals surface area contributed by atoms with Crippen molar-refractivity contribution in [2.24, 2.45) is 16.9 Å². The monoisotopic (exact) mass is 1320 g/mol. The highest BCUT2D eigenvalue weighted by Crippen LogP contribution is 2.32. The maximum absolute atomic E-state index is 10.8. The zero-order valence-electron chi connectivity index (χ0n) is 58.3. The molecule has 0 unspecified atom stereocenters. The smallest absolute Gasteiger partial charge is 0.240 e. The molecule has 25 heteroatoms. The summed E-state index contributed by atoms with van der Waals surface area (Å²) in [4.78, 5) is 89.6. The highest BCUT2D eigenvalue weighted by molar-refractivity contribution is 6.39. The number of ketones is 6. The van der Waals surface area contributed by atoms with Crippen molar-refractivity contribution < 1.29 is 56.7 Å². The summed E-state index contributed by atoms with van der Waals surface area (Å²) in [6, 6.07) is 20.8. The van der Waals surface area contributed by atoms with Gasteiger partial charge in [-0.2, -0.15) is 25.6 Å². The number of hydrogen-bond acceptors (Lipinski definition) is 22. The fraction of sp³-hybridized carbons (Fsp3) is 0.437. The number of ether oxygens (including phenoxy) is 3. The highest BCUT2D eigenvalue weighted by Gasteiger charge is 2.15. The maximum Gasteiger partial charge on any atom is 0.240 e. The summed E-state index contributed by atoms with van der Waals surface area (Å²) in [5.74, 6) is 5.42. The minimum absolute atomic E-state index is 0.00755. The highest BCUT2D eigenvalue weighted by atomic mass is 16.7. The number of benzene rings is 1. The largest absolute Gasteiger partial charge is 0.469 e. The number of hydrazone groups is 1. The molecule has 8 aromatic rings. The molecule has 0 aliphatic carbocycles. The van der Waals surface area contributed by atoms with E-state index in [0.29, 0.717) is 65.4 Å². The Morgan fingerprint density at radius 3 is 1.65 bits per heavy atom. The lowest BCUT2D eigenvalue weighted by atomic mass is 10.0. The first-order valence-corrected chi connectivity index (χ1v) is 31.8. The molecule has 11 heterocycles. The molecule has 4 N–H and O–H groups in total. The van der Waals surface area contributed by atoms with Gasteiger partial charge in [0.1, 0.15) is 40.0 Å². The van der Waals surface area contributed by atoms with Crippen molar-refractivity contribution >= 4 is 46.3 Å². The standard InChI is InChI=1S/C8H12N2O.C8H9NO.C8H8O2.C7H9N.C6H8N2O2.C6H6N2O.C6H7NO2.C6H13N.C6H12O.C6H8O.C4H5N3O/c1-5(2)7-4-8(6(3)11)10-9-7;1-6-8(7(2)10)4-3-5-9-6;1-6-2-3-7-8(4-6)10-5-9-7;1-2-7-4-3-5-8-6-7;1-4(9)5-2-3-6(10)8-7-5;1-5(9)6-4-7-2-3-8-6;1-4-3-6(5(2)8)7-9-4;2*1-6-2-4-7-5-3-6;1-2-6-4-3-5-7-6;1-3(8)4-2-5-7-6-4/h4-5H,1-3H3,(H,9,10);3-5H,1-2H3;2-4H,5H2,1H3;3-6H,2H2,1H3;2-3H2,1H3,(H,8,10);2-4H,1H3;3H,1-2H3;6-7H,2-5H2,1H3;6H,2-5H2,1H3;3-5H,2H2,1H3;2H,1H3,(H,5,6,7). The quantitative estimate of drug-likeness (QED) is 0.0975. The number of rotatable bonds is 9. The number of aromatic amines is 2. The Morgan fingerprint density at radius 1 is 0.615 bits per heavy atom. The van der Waals surface area contributed by atoms with Gasteiger partial charge in [0.15, 0.2) is 46.2 Å². The van der Waals surface area contributed by atoms with Crippen LogP contribution in [0, 0.1) is 32.6 Å². The third-order valence-electron chi connectivity index (χ3n) is 13.7. The topological polar surface area (TPSA) is 345 Å². The molecule has 0 bridgehead atoms. The number of carbonyl (C=O) groups excluding carboxylic acids is 7. The van der Waals surface area contributed by atoms with Gasteiger partial charge in [-0.25, -0.2) is 10.4 Å². The minimum atomic E-state index is -0.120. The lowest BCUT2D eigenvalue weighted by Crippen LogP contribution is -2.28. The van der Waals surface area contributed by atoms with Gasteiger partial charge < -0.3 is 28.5 Å². The molecule has 25 nitrogen and oxygen atoms in total. The van der Waals surface area contributed by atoms with E-state index in [-0.39, 0.29) is 40.6 Å². The second-order valence-electron chi connectivity index (χ2n) is 22.4. The van der Waals surface area contributed by atoms with Gasteiger partial charge in [-0.3, -0.25) is 53.6 Å². The number of nitrogens with one attached hydrogen (secondary N) is 4. The van der Waals surface area contributed by atoms with E-state index in [9.17, 15) is 33.6 Å². The van der Waals surface area contributed by atoms with E-state index >= 15 is 0 Å². The van der Waals surface area contributed by atoms with Crippen molar-refractivity contribution in [2.75, 3.05) is 33.1 Å². The van der Waals surface area contributed by atoms with E-state index in [2.05, 4.69) is 119 Å². The minimum Gasteiger partial charge on any atom is -0.469 e. The molecule has 7 aromatic heterocycles. The first kappa shape index (κ1) is 82.2. The molecule has 4 aliphatic rings. The fourth-order valence-corrected chi connectivity index (χ4v) is 7.69. The van der Waals surface area contributed by atoms with E-state index in [1.54, 1.807) is 56.8 Å². The van der Waals surface area contributed by atoms with Crippen LogP contribution in [0.25, 0.3) is 0 Å². The van der Waals surface area contributed by atoms with Crippen LogP contribution in [0.4, 0.5) is 0 Å². The predicted molar refractivity (Wildman–Crippen MR) is 366 cm³/mol. The molecular formula is C71H97N13O12. The van der Waals surface area contributed by atoms with Crippen LogP contribution < -0.4 is 20.2 Å². The van der Waals surface area contributed by atoms with Gasteiger partial charge in [0.2, 0.25) is 12.7 Å². The number of pyridine rings is 2. The number of H-pyrrole nitrogens is 2. The van der Waals surface area contributed by atoms with Gasteiger partial charge in [0.05, 0.1) is 18.7 Å². The Bertz CT molecular complexity index is 3510. The summed E-state index contributed by atoms with van der Waals surface area (Å²) in [7, 11) is 0. The molecule has 0 atom stereocenters. The lowest BCUT2D eigenvalue weighted by Gasteiger charge is -2.17. The molecule has 12 rings (SSSR count). The van der Waals surface area contributed by atoms with Crippen LogP contribution in [0.3, 0.4) is 0 Å². The van der Waals surface area contributed by atoms with Gasteiger partial charge in [0, 0.05) is 121 Å². The van der Waals surface area contributed by atoms with Crippen molar-refractivity contribution in [3.8, 4) is 11.5 Å². The molecule has 1 aromatic carbocycles. The molecule has 0 spiro atoms. The molecule has 96 heavy (non-hydrogen) atoms. The zero-order chi connectivity index (χ0) is 71.2. The average molecular weight is 1320 g/mol. The number of carbonyl (C=O) groups is 7. The number of fused-ring (bicyclic) bond motifs is 1. The van der Waals surface area contributed by atoms with E-state index in [1.165, 1.54) is 109 Å². The second-order valence-corrected chi connectivity index (χ2v) is 22.4. The van der Waals surface area contributed by atoms with Crippen molar-refractivity contribution in [2.45, 2.75) is 161 Å². The predicted octanol–water partition coefficient (Wildman–Crippen LogP) is 12.7. The Balaban J connectivity index is 0.000000360. The van der Waals surface area contributed by atoms with Crippen molar-refractivity contribution in [1.29, 1.82) is 0 Å². The summed E-state index contributed by atoms with van der Waals surface area (Å²) in [5, 5.41) is 26.4. The fourth-order valence-electron chi connectivity index (χ4n) is 7.69. The maximum atomic E-state index is 10.8. The number of aryl methyl sites for hydroxylation is 5. The van der Waals surface area contributed by atoms with Crippen LogP contribution in [0.2, 0.25) is 0 Å². The van der Waals surface area contributed by atoms with Crippen LogP contribution in [-0.4, -0.2) is 130 Å². The summed E-state index contributed by atoms with van der Waals surface area (Å²) in [5.41, 5.74) is 9.43. The SMILES string of the molecule is CC(=O)C1=NNC(=O)CC1.CC(=O)c1cc(C(C)C)[nH]n1.CC(=O)c1cc(C)on1.CC(=O)c1cccnc1C.CC(=O)c1cn[nH]n1.CC(=O)c1cnccn1.CC1CCNCC1.CC1CCOCC1.CCc1cccnc1.CCc1ccco1.Cc1ccc2c(c1)OCO2. The van der Waals surface area contributed by atoms with Crippen molar-refractivity contribution in [1.82, 2.24) is 61.4 Å². The van der Waals surface area contributed by atoms with Gasteiger partial charge in [0.25, 0.3) is 0 Å². The number of aromatic nitrogens is 10. The number of Topliss-reactive ketones (excluding diaryl/α,β-unsaturated/α-hetero) is 6. The molecule has 518 valence electrons. The van der Waals surface area contributed by atoms with Gasteiger partial charge in [-0.05, 0) is 150 Å². The Kier molecular flexibility index (Phi) is 41.0. The van der Waals surface area contributed by atoms with Crippen LogP contribution in [-0.2, 0) is 27.2 Å². The van der Waals surface area contributed by atoms with E-state index < -0.39 is 0 Å². The molecule has 0 radical (unpaired) electrons. The van der Waals surface area contributed by atoms with Crippen LogP contribution in [0.5, 0.6) is 11.5 Å². The Morgan fingerprint density at radius 2 is 1.27 bits per heavy atom. The van der Waals surface area contributed by atoms with Crippen molar-refractivity contribution in [3.63, 3.8) is 0 Å². The first-order valence-electron chi connectivity index (χ1n) is 31.8. The second kappa shape index (κ2) is 47.9. The van der Waals surface area contributed by atoms with E-state index in [4.69, 9.17) is 18.6 Å². The number of nitrogens with zero attached hydrogens (tertiary/aromatic N) is 9. The molecular weight excluding hydrogens is 1230 g/mol. The van der Waals surface area contributed by atoms with E-state index in [0.717, 1.165) is 66.5 Å². The summed E-state index contributed by atoms with van der Waals surface area (Å²) < 4.78 is 25.1. The normalized spacial score (nSPS) is 13.1. The number of amides is 1. The number of furan rings is 1. The molecule has 2 saturated heterocycles. The van der Waals surface area contributed by atoms with Crippen LogP contribution >= 0.6 is 0 Å². The first-order chi connectivity index (χ1) is 45.8. The number of piperidine rings is 1. The Hall–Kier alpha value is -9.88. The lowest BCUT2D eigenvalue weighted by molar-refractivity contribution is -0.121. The van der Waals surface area contributed by atoms with Gasteiger partial charge in [-0.15, -0.1) is 0 Å². The third-order valence-corrected chi connectivity index (χ3v) is 13.7. The molecule has 4 aliphatic heterocycles. The summed E-state index contributed by atoms with van der Waals surface area (Å²) in [6.07, 6.45) is 21.1. The zero-order valence-corrected chi connectivity index (χ0v) is 58.3. The average Bonchev–Trinajstić information content (AvgIpc) is 3.55. The molecule has 0 saturated carbocycles. The summed E-state index contributed by atoms with van der Waals surface area (Å²) in [6.45, 7) is 32.2. The van der Waals surface area contributed by atoms with Gasteiger partial charge >= 0.3 is 0 Å². The summed E-state index contributed by atoms with van der Waals surface area (Å²) >= 11 is 0. The Labute approximate surface area is 563 Å². The van der Waals surface area contributed by atoms with E-state index in [1.807, 2.05) is 56.4 Å². The number of hydrogen-bond donors (Lipinski definition) is 4. The van der Waals surface area contributed by atoms with Crippen LogP contribution in [0.1, 0.15) is 214 Å². The molecule has 1 amide bonds. The third kappa shape index (κ3) is 36.5. The van der Waals surface area contributed by atoms with Gasteiger partial charge in [-0.1, -0.05) is 58.8 Å². The molecule has 2 fully saturated rings.